The first-order chi connectivity index (χ1) is 7.54. The monoisotopic (exact) mass is 220 g/mol. The van der Waals surface area contributed by atoms with Crippen molar-refractivity contribution in [3.63, 3.8) is 0 Å². The zero-order valence-electron chi connectivity index (χ0n) is 10.3. The summed E-state index contributed by atoms with van der Waals surface area (Å²) in [5.74, 6) is 0.926. The molecule has 1 saturated carbocycles. The Kier molecular flexibility index (Phi) is 2.89. The summed E-state index contributed by atoms with van der Waals surface area (Å²) in [6.07, 6.45) is 4.37. The Bertz CT molecular complexity index is 397. The molecule has 1 aromatic rings. The second-order valence-electron chi connectivity index (χ2n) is 4.90. The molecule has 2 N–H and O–H groups in total. The molecule has 1 heterocycles. The molecule has 0 aliphatic heterocycles. The zero-order chi connectivity index (χ0) is 11.8. The van der Waals surface area contributed by atoms with Gasteiger partial charge in [-0.3, -0.25) is 4.98 Å². The molecule has 0 bridgehead atoms. The number of hydrogen-bond acceptors (Lipinski definition) is 3. The lowest BCUT2D eigenvalue weighted by atomic mass is 10.0. The summed E-state index contributed by atoms with van der Waals surface area (Å²) in [5.41, 5.74) is 9.48. The third-order valence-electron chi connectivity index (χ3n) is 3.34. The van der Waals surface area contributed by atoms with Crippen molar-refractivity contribution in [2.75, 3.05) is 7.11 Å². The number of hydrogen-bond donors (Lipinski definition) is 1. The fourth-order valence-corrected chi connectivity index (χ4v) is 2.16. The maximum Gasteiger partial charge on any atom is 0.143 e. The van der Waals surface area contributed by atoms with Gasteiger partial charge < -0.3 is 10.5 Å². The quantitative estimate of drug-likeness (QED) is 0.845. The Morgan fingerprint density at radius 3 is 2.69 bits per heavy atom. The maximum atomic E-state index is 6.11. The van der Waals surface area contributed by atoms with Crippen LogP contribution in [-0.2, 0) is 6.42 Å². The molecule has 1 fully saturated rings. The highest BCUT2D eigenvalue weighted by Gasteiger charge is 2.37. The van der Waals surface area contributed by atoms with Crippen molar-refractivity contribution in [1.29, 1.82) is 0 Å². The molecule has 0 aromatic carbocycles. The standard InChI is InChI=1S/C13H20N2O/c1-9-8-11(4-5-13(14)6-7-13)12(16-3)10(2)15-9/h8H,4-7,14H2,1-3H3. The van der Waals surface area contributed by atoms with Gasteiger partial charge in [-0.25, -0.2) is 0 Å². The summed E-state index contributed by atoms with van der Waals surface area (Å²) >= 11 is 0. The minimum atomic E-state index is 0.107. The van der Waals surface area contributed by atoms with E-state index in [0.29, 0.717) is 0 Å². The van der Waals surface area contributed by atoms with Crippen LogP contribution in [0.3, 0.4) is 0 Å². The van der Waals surface area contributed by atoms with Gasteiger partial charge in [-0.1, -0.05) is 0 Å². The molecule has 1 aliphatic carbocycles. The van der Waals surface area contributed by atoms with Crippen molar-refractivity contribution in [2.24, 2.45) is 5.73 Å². The van der Waals surface area contributed by atoms with E-state index in [0.717, 1.165) is 30.0 Å². The fourth-order valence-electron chi connectivity index (χ4n) is 2.16. The molecule has 3 nitrogen and oxygen atoms in total. The molecule has 0 amide bonds. The van der Waals surface area contributed by atoms with Crippen molar-refractivity contribution in [3.05, 3.63) is 23.0 Å². The largest absolute Gasteiger partial charge is 0.495 e. The summed E-state index contributed by atoms with van der Waals surface area (Å²) in [6, 6.07) is 2.11. The van der Waals surface area contributed by atoms with E-state index in [-0.39, 0.29) is 5.54 Å². The Morgan fingerprint density at radius 2 is 2.12 bits per heavy atom. The lowest BCUT2D eigenvalue weighted by Gasteiger charge is -2.14. The van der Waals surface area contributed by atoms with Crippen molar-refractivity contribution >= 4 is 0 Å². The van der Waals surface area contributed by atoms with Gasteiger partial charge in [0.1, 0.15) is 5.75 Å². The molecular formula is C13H20N2O. The van der Waals surface area contributed by atoms with Gasteiger partial charge in [0.15, 0.2) is 0 Å². The van der Waals surface area contributed by atoms with Crippen LogP contribution in [0.25, 0.3) is 0 Å². The Morgan fingerprint density at radius 1 is 1.44 bits per heavy atom. The number of aromatic nitrogens is 1. The van der Waals surface area contributed by atoms with Gasteiger partial charge in [0.25, 0.3) is 0 Å². The van der Waals surface area contributed by atoms with Crippen molar-refractivity contribution in [2.45, 2.75) is 45.1 Å². The summed E-state index contributed by atoms with van der Waals surface area (Å²) in [5, 5.41) is 0. The first kappa shape index (κ1) is 11.4. The number of methoxy groups -OCH3 is 1. The minimum Gasteiger partial charge on any atom is -0.495 e. The summed E-state index contributed by atoms with van der Waals surface area (Å²) in [6.45, 7) is 4.01. The van der Waals surface area contributed by atoms with Crippen LogP contribution in [0.4, 0.5) is 0 Å². The van der Waals surface area contributed by atoms with E-state index in [2.05, 4.69) is 11.1 Å². The number of ether oxygens (including phenoxy) is 1. The van der Waals surface area contributed by atoms with E-state index >= 15 is 0 Å². The molecular weight excluding hydrogens is 200 g/mol. The molecule has 3 heteroatoms. The van der Waals surface area contributed by atoms with Gasteiger partial charge in [0, 0.05) is 11.2 Å². The van der Waals surface area contributed by atoms with Gasteiger partial charge in [-0.15, -0.1) is 0 Å². The van der Waals surface area contributed by atoms with E-state index in [1.54, 1.807) is 7.11 Å². The maximum absolute atomic E-state index is 6.11. The Hall–Kier alpha value is -1.09. The highest BCUT2D eigenvalue weighted by Crippen LogP contribution is 2.37. The van der Waals surface area contributed by atoms with Crippen LogP contribution < -0.4 is 10.5 Å². The average molecular weight is 220 g/mol. The number of pyridine rings is 1. The first-order valence-corrected chi connectivity index (χ1v) is 5.84. The molecule has 0 atom stereocenters. The normalized spacial score (nSPS) is 17.2. The lowest BCUT2D eigenvalue weighted by molar-refractivity contribution is 0.402. The van der Waals surface area contributed by atoms with Crippen LogP contribution in [0, 0.1) is 13.8 Å². The lowest BCUT2D eigenvalue weighted by Crippen LogP contribution is -2.22. The predicted octanol–water partition coefficient (Wildman–Crippen LogP) is 2.13. The van der Waals surface area contributed by atoms with E-state index in [9.17, 15) is 0 Å². The van der Waals surface area contributed by atoms with Gasteiger partial charge in [-0.2, -0.15) is 0 Å². The molecule has 0 unspecified atom stereocenters. The van der Waals surface area contributed by atoms with Crippen LogP contribution in [0.15, 0.2) is 6.07 Å². The zero-order valence-corrected chi connectivity index (χ0v) is 10.3. The molecule has 16 heavy (non-hydrogen) atoms. The minimum absolute atomic E-state index is 0.107. The number of aryl methyl sites for hydroxylation is 3. The second-order valence-corrected chi connectivity index (χ2v) is 4.90. The SMILES string of the molecule is COc1c(CCC2(N)CC2)cc(C)nc1C. The van der Waals surface area contributed by atoms with Crippen LogP contribution in [0.5, 0.6) is 5.75 Å². The van der Waals surface area contributed by atoms with Gasteiger partial charge in [-0.05, 0) is 51.2 Å². The molecule has 88 valence electrons. The van der Waals surface area contributed by atoms with Crippen LogP contribution in [0.2, 0.25) is 0 Å². The summed E-state index contributed by atoms with van der Waals surface area (Å²) in [4.78, 5) is 4.41. The Labute approximate surface area is 97.0 Å². The third kappa shape index (κ3) is 2.35. The summed E-state index contributed by atoms with van der Waals surface area (Å²) < 4.78 is 5.41. The third-order valence-corrected chi connectivity index (χ3v) is 3.34. The average Bonchev–Trinajstić information content (AvgIpc) is 2.94. The predicted molar refractivity (Wildman–Crippen MR) is 64.7 cm³/mol. The van der Waals surface area contributed by atoms with Crippen molar-refractivity contribution in [1.82, 2.24) is 4.98 Å². The Balaban J connectivity index is 2.17. The second kappa shape index (κ2) is 4.06. The fraction of sp³-hybridized carbons (Fsp3) is 0.615. The smallest absolute Gasteiger partial charge is 0.143 e. The first-order valence-electron chi connectivity index (χ1n) is 5.84. The van der Waals surface area contributed by atoms with Crippen LogP contribution in [0.1, 0.15) is 36.2 Å². The summed E-state index contributed by atoms with van der Waals surface area (Å²) in [7, 11) is 1.71. The molecule has 1 aliphatic rings. The van der Waals surface area contributed by atoms with Crippen molar-refractivity contribution in [3.8, 4) is 5.75 Å². The van der Waals surface area contributed by atoms with E-state index < -0.39 is 0 Å². The number of rotatable bonds is 4. The molecule has 0 radical (unpaired) electrons. The van der Waals surface area contributed by atoms with Crippen molar-refractivity contribution < 1.29 is 4.74 Å². The van der Waals surface area contributed by atoms with E-state index in [1.807, 2.05) is 13.8 Å². The highest BCUT2D eigenvalue weighted by atomic mass is 16.5. The van der Waals surface area contributed by atoms with E-state index in [1.165, 1.54) is 18.4 Å². The van der Waals surface area contributed by atoms with Gasteiger partial charge >= 0.3 is 0 Å². The molecule has 0 saturated heterocycles. The molecule has 0 spiro atoms. The molecule has 1 aromatic heterocycles. The van der Waals surface area contributed by atoms with Gasteiger partial charge in [0.05, 0.1) is 12.8 Å². The van der Waals surface area contributed by atoms with Crippen LogP contribution in [-0.4, -0.2) is 17.6 Å². The number of nitrogens with zero attached hydrogens (tertiary/aromatic N) is 1. The topological polar surface area (TPSA) is 48.1 Å². The number of nitrogens with two attached hydrogens (primary N) is 1. The highest BCUT2D eigenvalue weighted by molar-refractivity contribution is 5.38. The van der Waals surface area contributed by atoms with Gasteiger partial charge in [0.2, 0.25) is 0 Å². The van der Waals surface area contributed by atoms with E-state index in [4.69, 9.17) is 10.5 Å². The van der Waals surface area contributed by atoms with Crippen LogP contribution >= 0.6 is 0 Å². The molecule has 2 rings (SSSR count).